The lowest BCUT2D eigenvalue weighted by Crippen LogP contribution is -2.31. The highest BCUT2D eigenvalue weighted by Gasteiger charge is 2.22. The predicted molar refractivity (Wildman–Crippen MR) is 143 cm³/mol. The van der Waals surface area contributed by atoms with Gasteiger partial charge in [0.15, 0.2) is 5.69 Å². The van der Waals surface area contributed by atoms with Gasteiger partial charge in [0.05, 0.1) is 11.2 Å². The molecule has 2 amide bonds. The van der Waals surface area contributed by atoms with Crippen molar-refractivity contribution >= 4 is 35.1 Å². The monoisotopic (exact) mass is 503 g/mol. The SMILES string of the molecule is Cc1ccc(NC(=O)c2nc(N3CCCCC3)ncc2Cl)cc1-c1ccc(C(=O)NCC2CC2)cc1. The number of nitrogens with zero attached hydrogens (tertiary/aromatic N) is 3. The van der Waals surface area contributed by atoms with E-state index in [0.717, 1.165) is 49.2 Å². The Morgan fingerprint density at radius 3 is 2.50 bits per heavy atom. The van der Waals surface area contributed by atoms with Gasteiger partial charge in [-0.2, -0.15) is 0 Å². The van der Waals surface area contributed by atoms with Crippen LogP contribution in [-0.2, 0) is 0 Å². The van der Waals surface area contributed by atoms with Crippen molar-refractivity contribution in [3.05, 3.63) is 70.5 Å². The first-order chi connectivity index (χ1) is 17.5. The van der Waals surface area contributed by atoms with Crippen LogP contribution in [0.3, 0.4) is 0 Å². The van der Waals surface area contributed by atoms with E-state index < -0.39 is 0 Å². The van der Waals surface area contributed by atoms with E-state index in [0.29, 0.717) is 23.1 Å². The van der Waals surface area contributed by atoms with Crippen LogP contribution in [0.15, 0.2) is 48.7 Å². The van der Waals surface area contributed by atoms with Crippen molar-refractivity contribution in [2.45, 2.75) is 39.0 Å². The van der Waals surface area contributed by atoms with Gasteiger partial charge in [-0.05, 0) is 85.9 Å². The van der Waals surface area contributed by atoms with Crippen molar-refractivity contribution in [1.29, 1.82) is 0 Å². The second-order valence-corrected chi connectivity index (χ2v) is 10.0. The topological polar surface area (TPSA) is 87.2 Å². The number of rotatable bonds is 7. The second-order valence-electron chi connectivity index (χ2n) is 9.63. The van der Waals surface area contributed by atoms with Crippen LogP contribution < -0.4 is 15.5 Å². The third-order valence-electron chi connectivity index (χ3n) is 6.79. The van der Waals surface area contributed by atoms with Crippen LogP contribution in [0.25, 0.3) is 11.1 Å². The smallest absolute Gasteiger partial charge is 0.276 e. The highest BCUT2D eigenvalue weighted by molar-refractivity contribution is 6.34. The number of hydrogen-bond acceptors (Lipinski definition) is 5. The molecule has 1 saturated heterocycles. The normalized spacial score (nSPS) is 15.4. The molecule has 2 N–H and O–H groups in total. The van der Waals surface area contributed by atoms with Crippen LogP contribution in [-0.4, -0.2) is 41.4 Å². The number of benzene rings is 2. The van der Waals surface area contributed by atoms with Gasteiger partial charge >= 0.3 is 0 Å². The molecule has 1 aliphatic carbocycles. The van der Waals surface area contributed by atoms with E-state index in [-0.39, 0.29) is 22.5 Å². The number of piperidine rings is 1. The summed E-state index contributed by atoms with van der Waals surface area (Å²) in [6, 6.07) is 13.3. The summed E-state index contributed by atoms with van der Waals surface area (Å²) < 4.78 is 0. The van der Waals surface area contributed by atoms with Gasteiger partial charge in [0.1, 0.15) is 0 Å². The van der Waals surface area contributed by atoms with E-state index in [2.05, 4.69) is 25.5 Å². The molecule has 0 atom stereocenters. The highest BCUT2D eigenvalue weighted by atomic mass is 35.5. The summed E-state index contributed by atoms with van der Waals surface area (Å²) in [7, 11) is 0. The van der Waals surface area contributed by atoms with Gasteiger partial charge < -0.3 is 15.5 Å². The van der Waals surface area contributed by atoms with E-state index in [1.165, 1.54) is 25.5 Å². The summed E-state index contributed by atoms with van der Waals surface area (Å²) in [5.74, 6) is 0.757. The maximum absolute atomic E-state index is 13.1. The molecule has 0 spiro atoms. The van der Waals surface area contributed by atoms with Crippen molar-refractivity contribution in [3.63, 3.8) is 0 Å². The Balaban J connectivity index is 1.31. The molecule has 3 aromatic rings. The molecule has 1 aliphatic heterocycles. The molecule has 1 aromatic heterocycles. The Hall–Kier alpha value is -3.45. The van der Waals surface area contributed by atoms with Gasteiger partial charge in [-0.1, -0.05) is 29.8 Å². The van der Waals surface area contributed by atoms with Crippen LogP contribution >= 0.6 is 11.6 Å². The van der Waals surface area contributed by atoms with E-state index in [1.807, 2.05) is 49.4 Å². The van der Waals surface area contributed by atoms with Crippen LogP contribution in [0.4, 0.5) is 11.6 Å². The molecule has 5 rings (SSSR count). The Bertz CT molecular complexity index is 1270. The zero-order valence-corrected chi connectivity index (χ0v) is 21.1. The number of anilines is 2. The number of aryl methyl sites for hydroxylation is 1. The van der Waals surface area contributed by atoms with Gasteiger partial charge in [-0.3, -0.25) is 9.59 Å². The van der Waals surface area contributed by atoms with E-state index in [9.17, 15) is 9.59 Å². The minimum atomic E-state index is -0.377. The maximum atomic E-state index is 13.1. The Morgan fingerprint density at radius 2 is 1.78 bits per heavy atom. The number of aromatic nitrogens is 2. The largest absolute Gasteiger partial charge is 0.352 e. The molecular weight excluding hydrogens is 474 g/mol. The molecule has 7 nitrogen and oxygen atoms in total. The van der Waals surface area contributed by atoms with Crippen LogP contribution in [0.2, 0.25) is 5.02 Å². The second kappa shape index (κ2) is 10.7. The number of halogens is 1. The van der Waals surface area contributed by atoms with Gasteiger partial charge in [-0.15, -0.1) is 0 Å². The fourth-order valence-electron chi connectivity index (χ4n) is 4.43. The molecule has 186 valence electrons. The fraction of sp³-hybridized carbons (Fsp3) is 0.357. The van der Waals surface area contributed by atoms with Crippen LogP contribution in [0.5, 0.6) is 0 Å². The van der Waals surface area contributed by atoms with E-state index in [4.69, 9.17) is 11.6 Å². The molecular formula is C28H30ClN5O2. The molecule has 0 radical (unpaired) electrons. The van der Waals surface area contributed by atoms with Crippen molar-refractivity contribution in [1.82, 2.24) is 15.3 Å². The molecule has 36 heavy (non-hydrogen) atoms. The Kier molecular flexibility index (Phi) is 7.18. The van der Waals surface area contributed by atoms with Crippen molar-refractivity contribution in [3.8, 4) is 11.1 Å². The number of hydrogen-bond donors (Lipinski definition) is 2. The summed E-state index contributed by atoms with van der Waals surface area (Å²) in [4.78, 5) is 36.4. The number of amides is 2. The van der Waals surface area contributed by atoms with Gasteiger partial charge in [0.2, 0.25) is 5.95 Å². The van der Waals surface area contributed by atoms with Crippen molar-refractivity contribution in [2.75, 3.05) is 29.9 Å². The Labute approximate surface area is 216 Å². The molecule has 2 aromatic carbocycles. The number of nitrogens with one attached hydrogen (secondary N) is 2. The lowest BCUT2D eigenvalue weighted by Gasteiger charge is -2.26. The van der Waals surface area contributed by atoms with Gasteiger partial charge in [-0.25, -0.2) is 9.97 Å². The van der Waals surface area contributed by atoms with Crippen LogP contribution in [0, 0.1) is 12.8 Å². The molecule has 8 heteroatoms. The molecule has 0 bridgehead atoms. The fourth-order valence-corrected chi connectivity index (χ4v) is 4.60. The summed E-state index contributed by atoms with van der Waals surface area (Å²) in [5.41, 5.74) is 4.45. The Morgan fingerprint density at radius 1 is 1.03 bits per heavy atom. The zero-order valence-electron chi connectivity index (χ0n) is 20.4. The van der Waals surface area contributed by atoms with E-state index >= 15 is 0 Å². The lowest BCUT2D eigenvalue weighted by atomic mass is 9.98. The molecule has 2 fully saturated rings. The maximum Gasteiger partial charge on any atom is 0.276 e. The average Bonchev–Trinajstić information content (AvgIpc) is 3.74. The first-order valence-corrected chi connectivity index (χ1v) is 12.9. The first-order valence-electron chi connectivity index (χ1n) is 12.6. The lowest BCUT2D eigenvalue weighted by molar-refractivity contribution is 0.0951. The summed E-state index contributed by atoms with van der Waals surface area (Å²) in [6.45, 7) is 4.52. The number of carbonyl (C=O) groups is 2. The van der Waals surface area contributed by atoms with E-state index in [1.54, 1.807) is 0 Å². The van der Waals surface area contributed by atoms with Crippen molar-refractivity contribution in [2.24, 2.45) is 5.92 Å². The predicted octanol–water partition coefficient (Wildman–Crippen LogP) is 5.49. The third-order valence-corrected chi connectivity index (χ3v) is 7.06. The standard InChI is InChI=1S/C28H30ClN5O2/c1-18-5-12-22(15-23(18)20-8-10-21(11-9-20)26(35)30-16-19-6-7-19)32-27(36)25-24(29)17-31-28(33-25)34-13-3-2-4-14-34/h5,8-12,15,17,19H,2-4,6-7,13-14,16H2,1H3,(H,30,35)(H,32,36). The summed E-state index contributed by atoms with van der Waals surface area (Å²) in [5, 5.41) is 6.15. The summed E-state index contributed by atoms with van der Waals surface area (Å²) >= 11 is 6.30. The average molecular weight is 504 g/mol. The highest BCUT2D eigenvalue weighted by Crippen LogP contribution is 2.29. The molecule has 2 aliphatic rings. The molecule has 0 unspecified atom stereocenters. The quantitative estimate of drug-likeness (QED) is 0.445. The van der Waals surface area contributed by atoms with Gasteiger partial charge in [0.25, 0.3) is 11.8 Å². The number of carbonyl (C=O) groups excluding carboxylic acids is 2. The van der Waals surface area contributed by atoms with Gasteiger partial charge in [0, 0.05) is 30.9 Å². The summed E-state index contributed by atoms with van der Waals surface area (Å²) in [6.07, 6.45) is 7.28. The van der Waals surface area contributed by atoms with Crippen molar-refractivity contribution < 1.29 is 9.59 Å². The van der Waals surface area contributed by atoms with Crippen LogP contribution in [0.1, 0.15) is 58.5 Å². The first kappa shape index (κ1) is 24.3. The minimum absolute atomic E-state index is 0.0446. The molecule has 1 saturated carbocycles. The minimum Gasteiger partial charge on any atom is -0.352 e. The third kappa shape index (κ3) is 5.68. The zero-order chi connectivity index (χ0) is 25.1. The molecule has 2 heterocycles.